The maximum atomic E-state index is 10.7. The molecule has 1 N–H and O–H groups in total. The van der Waals surface area contributed by atoms with Crippen LogP contribution in [0.2, 0.25) is 5.04 Å². The van der Waals surface area contributed by atoms with Crippen LogP contribution in [-0.4, -0.2) is 33.2 Å². The number of hydrogen-bond acceptors (Lipinski definition) is 3. The normalized spacial score (nSPS) is 12.7. The van der Waals surface area contributed by atoms with Gasteiger partial charge in [-0.15, -0.1) is 0 Å². The summed E-state index contributed by atoms with van der Waals surface area (Å²) in [5, 5.41) is 13.0. The number of aliphatic hydroxyl groups is 1. The van der Waals surface area contributed by atoms with Crippen molar-refractivity contribution >= 4 is 18.7 Å². The molecule has 0 amide bonds. The molecule has 3 aromatic carbocycles. The van der Waals surface area contributed by atoms with Crippen molar-refractivity contribution < 1.29 is 14.3 Å². The third-order valence-corrected chi connectivity index (χ3v) is 10.8. The highest BCUT2D eigenvalue weighted by Gasteiger charge is 2.50. The van der Waals surface area contributed by atoms with E-state index in [4.69, 9.17) is 9.16 Å². The molecule has 0 radical (unpaired) electrons. The van der Waals surface area contributed by atoms with Gasteiger partial charge in [0.05, 0.1) is 19.8 Å². The molecule has 3 aromatic rings. The maximum absolute atomic E-state index is 10.7. The van der Waals surface area contributed by atoms with Gasteiger partial charge in [0.25, 0.3) is 8.32 Å². The zero-order chi connectivity index (χ0) is 24.4. The smallest absolute Gasteiger partial charge is 0.261 e. The Hall–Kier alpha value is -3.10. The zero-order valence-electron chi connectivity index (χ0n) is 20.5. The summed E-state index contributed by atoms with van der Waals surface area (Å²) >= 11 is 0. The fourth-order valence-electron chi connectivity index (χ4n) is 4.14. The molecule has 0 heterocycles. The molecule has 3 nitrogen and oxygen atoms in total. The molecule has 0 saturated heterocycles. The molecule has 3 rings (SSSR count). The lowest BCUT2D eigenvalue weighted by Gasteiger charge is -2.43. The van der Waals surface area contributed by atoms with Gasteiger partial charge in [-0.05, 0) is 39.7 Å². The third kappa shape index (κ3) is 6.27. The maximum Gasteiger partial charge on any atom is 0.261 e. The Labute approximate surface area is 205 Å². The van der Waals surface area contributed by atoms with Gasteiger partial charge in [0.2, 0.25) is 0 Å². The zero-order valence-corrected chi connectivity index (χ0v) is 21.5. The minimum Gasteiger partial charge on any atom is -0.497 e. The Kier molecular flexibility index (Phi) is 8.89. The minimum atomic E-state index is -2.65. The first-order valence-electron chi connectivity index (χ1n) is 11.6. The van der Waals surface area contributed by atoms with E-state index in [9.17, 15) is 5.11 Å². The summed E-state index contributed by atoms with van der Waals surface area (Å²) in [7, 11) is -1.00. The molecule has 1 atom stereocenters. The predicted molar refractivity (Wildman–Crippen MR) is 143 cm³/mol. The SMILES string of the molecule is COc1ccc(C#CC/C=C/C(O)CO[Si](c2ccccc2)(c2ccccc2)C(C)(C)C)cc1. The summed E-state index contributed by atoms with van der Waals surface area (Å²) in [6.45, 7) is 6.93. The standard InChI is InChI=1S/C30H34O3Si/c1-30(2,3)34(28-16-10-6-11-17-28,29-18-12-7-13-19-29)33-24-26(31)15-9-5-8-14-25-20-22-27(32-4)23-21-25/h6-7,9-13,15-23,26,31H,5,24H2,1-4H3/b15-9+. The van der Waals surface area contributed by atoms with Crippen LogP contribution >= 0.6 is 0 Å². The van der Waals surface area contributed by atoms with Crippen molar-refractivity contribution in [3.63, 3.8) is 0 Å². The summed E-state index contributed by atoms with van der Waals surface area (Å²) < 4.78 is 11.9. The number of aliphatic hydroxyl groups excluding tert-OH is 1. The van der Waals surface area contributed by atoms with E-state index in [1.807, 2.05) is 42.5 Å². The highest BCUT2D eigenvalue weighted by molar-refractivity contribution is 6.99. The third-order valence-electron chi connectivity index (χ3n) is 5.79. The van der Waals surface area contributed by atoms with E-state index in [0.717, 1.165) is 11.3 Å². The summed E-state index contributed by atoms with van der Waals surface area (Å²) in [6, 6.07) is 28.6. The van der Waals surface area contributed by atoms with Gasteiger partial charge >= 0.3 is 0 Å². The van der Waals surface area contributed by atoms with E-state index in [2.05, 4.69) is 81.1 Å². The van der Waals surface area contributed by atoms with Crippen LogP contribution in [0.1, 0.15) is 32.8 Å². The van der Waals surface area contributed by atoms with Crippen LogP contribution in [0.15, 0.2) is 97.1 Å². The Morgan fingerprint density at radius 1 is 0.882 bits per heavy atom. The van der Waals surface area contributed by atoms with Crippen molar-refractivity contribution in [2.45, 2.75) is 38.3 Å². The van der Waals surface area contributed by atoms with Crippen LogP contribution in [0.5, 0.6) is 5.75 Å². The van der Waals surface area contributed by atoms with Crippen molar-refractivity contribution in [1.82, 2.24) is 0 Å². The molecule has 0 aliphatic rings. The molecule has 0 fully saturated rings. The van der Waals surface area contributed by atoms with Gasteiger partial charge in [-0.25, -0.2) is 0 Å². The fourth-order valence-corrected chi connectivity index (χ4v) is 8.72. The van der Waals surface area contributed by atoms with Crippen LogP contribution in [0, 0.1) is 11.8 Å². The molecule has 0 spiro atoms. The van der Waals surface area contributed by atoms with Gasteiger partial charge in [-0.1, -0.05) is 105 Å². The van der Waals surface area contributed by atoms with E-state index in [0.29, 0.717) is 6.42 Å². The van der Waals surface area contributed by atoms with Crippen molar-refractivity contribution in [3.8, 4) is 17.6 Å². The molecular formula is C30H34O3Si. The second-order valence-corrected chi connectivity index (χ2v) is 13.5. The van der Waals surface area contributed by atoms with Gasteiger partial charge in [-0.3, -0.25) is 0 Å². The summed E-state index contributed by atoms with van der Waals surface area (Å²) in [5.74, 6) is 7.06. The number of rotatable bonds is 8. The van der Waals surface area contributed by atoms with Crippen LogP contribution in [0.4, 0.5) is 0 Å². The van der Waals surface area contributed by atoms with E-state index in [-0.39, 0.29) is 11.6 Å². The lowest BCUT2D eigenvalue weighted by molar-refractivity contribution is 0.138. The molecule has 0 aliphatic carbocycles. The van der Waals surface area contributed by atoms with Gasteiger partial charge in [-0.2, -0.15) is 0 Å². The summed E-state index contributed by atoms with van der Waals surface area (Å²) in [5.41, 5.74) is 0.935. The molecule has 0 aliphatic heterocycles. The van der Waals surface area contributed by atoms with Crippen LogP contribution in [-0.2, 0) is 4.43 Å². The van der Waals surface area contributed by atoms with Gasteiger partial charge in [0, 0.05) is 12.0 Å². The first-order valence-corrected chi connectivity index (χ1v) is 13.5. The van der Waals surface area contributed by atoms with E-state index in [1.165, 1.54) is 10.4 Å². The van der Waals surface area contributed by atoms with E-state index in [1.54, 1.807) is 13.2 Å². The monoisotopic (exact) mass is 470 g/mol. The molecule has 1 unspecified atom stereocenters. The molecule has 34 heavy (non-hydrogen) atoms. The molecule has 0 bridgehead atoms. The molecule has 4 heteroatoms. The Bertz CT molecular complexity index is 1070. The van der Waals surface area contributed by atoms with Crippen molar-refractivity contribution in [2.75, 3.05) is 13.7 Å². The van der Waals surface area contributed by atoms with Crippen LogP contribution in [0.3, 0.4) is 0 Å². The molecule has 176 valence electrons. The average molecular weight is 471 g/mol. The van der Waals surface area contributed by atoms with Crippen LogP contribution < -0.4 is 15.1 Å². The van der Waals surface area contributed by atoms with E-state index >= 15 is 0 Å². The second-order valence-electron chi connectivity index (χ2n) is 9.20. The highest BCUT2D eigenvalue weighted by Crippen LogP contribution is 2.36. The minimum absolute atomic E-state index is 0.122. The highest BCUT2D eigenvalue weighted by atomic mass is 28.4. The Balaban J connectivity index is 1.72. The number of methoxy groups -OCH3 is 1. The van der Waals surface area contributed by atoms with Crippen LogP contribution in [0.25, 0.3) is 0 Å². The Morgan fingerprint density at radius 2 is 1.44 bits per heavy atom. The summed E-state index contributed by atoms with van der Waals surface area (Å²) in [4.78, 5) is 0. The topological polar surface area (TPSA) is 38.7 Å². The number of benzene rings is 3. The lowest BCUT2D eigenvalue weighted by atomic mass is 10.2. The van der Waals surface area contributed by atoms with Gasteiger partial charge < -0.3 is 14.3 Å². The quantitative estimate of drug-likeness (QED) is 0.288. The number of hydrogen-bond donors (Lipinski definition) is 1. The number of allylic oxidation sites excluding steroid dienone is 1. The van der Waals surface area contributed by atoms with Crippen molar-refractivity contribution in [3.05, 3.63) is 103 Å². The van der Waals surface area contributed by atoms with Crippen molar-refractivity contribution in [1.29, 1.82) is 0 Å². The summed E-state index contributed by atoms with van der Waals surface area (Å²) in [6.07, 6.45) is 3.53. The fraction of sp³-hybridized carbons (Fsp3) is 0.267. The Morgan fingerprint density at radius 3 is 1.94 bits per heavy atom. The first-order chi connectivity index (χ1) is 16.4. The molecule has 0 aromatic heterocycles. The lowest BCUT2D eigenvalue weighted by Crippen LogP contribution is -2.67. The first kappa shape index (κ1) is 25.5. The number of ether oxygens (including phenoxy) is 1. The molecule has 0 saturated carbocycles. The second kappa shape index (κ2) is 11.9. The molecular weight excluding hydrogens is 436 g/mol. The van der Waals surface area contributed by atoms with E-state index < -0.39 is 14.4 Å². The predicted octanol–water partition coefficient (Wildman–Crippen LogP) is 4.93. The van der Waals surface area contributed by atoms with Crippen molar-refractivity contribution in [2.24, 2.45) is 0 Å². The van der Waals surface area contributed by atoms with Gasteiger partial charge in [0.15, 0.2) is 0 Å². The average Bonchev–Trinajstić information content (AvgIpc) is 2.85. The van der Waals surface area contributed by atoms with Gasteiger partial charge in [0.1, 0.15) is 5.75 Å². The largest absolute Gasteiger partial charge is 0.497 e.